The Labute approximate surface area is 116 Å². The first-order chi connectivity index (χ1) is 9.55. The van der Waals surface area contributed by atoms with Crippen LogP contribution in [0.4, 0.5) is 10.5 Å². The van der Waals surface area contributed by atoms with Crippen molar-refractivity contribution in [1.29, 1.82) is 0 Å². The van der Waals surface area contributed by atoms with E-state index < -0.39 is 11.7 Å². The number of fused-ring (bicyclic) bond motifs is 1. The molecule has 1 aromatic rings. The molecule has 0 aromatic heterocycles. The quantitative estimate of drug-likeness (QED) is 0.822. The van der Waals surface area contributed by atoms with Crippen LogP contribution in [0.25, 0.3) is 0 Å². The molecule has 2 aliphatic heterocycles. The summed E-state index contributed by atoms with van der Waals surface area (Å²) in [6.45, 7) is 0.592. The molecule has 1 unspecified atom stereocenters. The number of aryl methyl sites for hydroxylation is 1. The van der Waals surface area contributed by atoms with Gasteiger partial charge in [0.2, 0.25) is 5.91 Å². The summed E-state index contributed by atoms with van der Waals surface area (Å²) in [5, 5.41) is 2.65. The van der Waals surface area contributed by atoms with Crippen molar-refractivity contribution >= 4 is 17.7 Å². The van der Waals surface area contributed by atoms with Crippen LogP contribution in [0.1, 0.15) is 17.5 Å². The molecule has 1 aromatic carbocycles. The minimum atomic E-state index is -0.799. The Morgan fingerprint density at radius 2 is 2.20 bits per heavy atom. The van der Waals surface area contributed by atoms with Crippen LogP contribution < -0.4 is 16.0 Å². The van der Waals surface area contributed by atoms with Crippen molar-refractivity contribution in [3.63, 3.8) is 0 Å². The van der Waals surface area contributed by atoms with Gasteiger partial charge in [0.25, 0.3) is 0 Å². The van der Waals surface area contributed by atoms with Gasteiger partial charge in [-0.25, -0.2) is 4.79 Å². The monoisotopic (exact) mass is 275 g/mol. The molecule has 106 valence electrons. The van der Waals surface area contributed by atoms with Gasteiger partial charge in [0.05, 0.1) is 6.54 Å². The molecule has 0 radical (unpaired) electrons. The number of carbonyl (C=O) groups excluding carboxylic acids is 2. The summed E-state index contributed by atoms with van der Waals surface area (Å²) in [7, 11) is 1.77. The average Bonchev–Trinajstić information content (AvgIpc) is 2.85. The number of benzene rings is 1. The van der Waals surface area contributed by atoms with E-state index in [2.05, 4.69) is 5.32 Å². The molecule has 1 fully saturated rings. The van der Waals surface area contributed by atoms with Gasteiger partial charge in [-0.2, -0.15) is 0 Å². The molecule has 1 saturated heterocycles. The van der Waals surface area contributed by atoms with Crippen LogP contribution in [0, 0.1) is 0 Å². The van der Waals surface area contributed by atoms with E-state index in [9.17, 15) is 9.59 Å². The van der Waals surface area contributed by atoms with Gasteiger partial charge in [-0.15, -0.1) is 0 Å². The molecule has 2 aliphatic rings. The third-order valence-corrected chi connectivity index (χ3v) is 4.09. The number of ether oxygens (including phenoxy) is 1. The Morgan fingerprint density at radius 3 is 2.85 bits per heavy atom. The van der Waals surface area contributed by atoms with Crippen LogP contribution in [-0.2, 0) is 21.6 Å². The first-order valence-electron chi connectivity index (χ1n) is 6.62. The fourth-order valence-corrected chi connectivity index (χ4v) is 2.80. The molecule has 6 nitrogen and oxygen atoms in total. The minimum Gasteiger partial charge on any atom is -0.435 e. The molecule has 0 aliphatic carbocycles. The van der Waals surface area contributed by atoms with Crippen LogP contribution in [0.5, 0.6) is 0 Å². The lowest BCUT2D eigenvalue weighted by molar-refractivity contribution is -0.118. The lowest BCUT2D eigenvalue weighted by Crippen LogP contribution is -2.39. The predicted molar refractivity (Wildman–Crippen MR) is 73.4 cm³/mol. The Hall–Kier alpha value is -2.08. The second kappa shape index (κ2) is 4.49. The summed E-state index contributed by atoms with van der Waals surface area (Å²) in [4.78, 5) is 24.7. The third-order valence-electron chi connectivity index (χ3n) is 4.09. The highest BCUT2D eigenvalue weighted by atomic mass is 16.6. The van der Waals surface area contributed by atoms with Crippen molar-refractivity contribution in [2.24, 2.45) is 5.73 Å². The van der Waals surface area contributed by atoms with Crippen molar-refractivity contribution in [1.82, 2.24) is 5.32 Å². The molecule has 3 rings (SSSR count). The number of nitrogens with zero attached hydrogens (tertiary/aromatic N) is 1. The number of nitrogens with two attached hydrogens (primary N) is 1. The number of carbonyl (C=O) groups is 2. The zero-order chi connectivity index (χ0) is 14.3. The van der Waals surface area contributed by atoms with E-state index in [0.717, 1.165) is 16.8 Å². The first kappa shape index (κ1) is 12.9. The summed E-state index contributed by atoms with van der Waals surface area (Å²) < 4.78 is 5.37. The molecule has 1 atom stereocenters. The Balaban J connectivity index is 2.00. The zero-order valence-electron chi connectivity index (χ0n) is 11.3. The SMILES string of the molecule is CN1C(=O)CCc2cc(C3(CN)CNC(=O)O3)ccc21. The second-order valence-electron chi connectivity index (χ2n) is 5.24. The smallest absolute Gasteiger partial charge is 0.408 e. The van der Waals surface area contributed by atoms with Gasteiger partial charge in [-0.05, 0) is 29.7 Å². The topological polar surface area (TPSA) is 84.7 Å². The molecule has 6 heteroatoms. The standard InChI is InChI=1S/C14H17N3O3/c1-17-11-4-3-10(6-9(11)2-5-12(17)18)14(7-15)8-16-13(19)20-14/h3-4,6H,2,5,7-8,15H2,1H3,(H,16,19). The molecule has 0 bridgehead atoms. The highest BCUT2D eigenvalue weighted by Gasteiger charge is 2.41. The maximum absolute atomic E-state index is 11.7. The number of nitrogens with one attached hydrogen (secondary N) is 1. The first-order valence-corrected chi connectivity index (χ1v) is 6.62. The van der Waals surface area contributed by atoms with E-state index in [1.807, 2.05) is 18.2 Å². The van der Waals surface area contributed by atoms with Gasteiger partial charge in [-0.1, -0.05) is 6.07 Å². The molecular formula is C14H17N3O3. The van der Waals surface area contributed by atoms with Gasteiger partial charge in [-0.3, -0.25) is 4.79 Å². The number of hydrogen-bond acceptors (Lipinski definition) is 4. The van der Waals surface area contributed by atoms with E-state index >= 15 is 0 Å². The molecule has 2 amide bonds. The van der Waals surface area contributed by atoms with Crippen molar-refractivity contribution in [3.05, 3.63) is 29.3 Å². The van der Waals surface area contributed by atoms with Gasteiger partial charge < -0.3 is 20.7 Å². The van der Waals surface area contributed by atoms with Crippen molar-refractivity contribution in [2.75, 3.05) is 25.0 Å². The summed E-state index contributed by atoms with van der Waals surface area (Å²) in [6.07, 6.45) is 0.759. The van der Waals surface area contributed by atoms with Gasteiger partial charge in [0.1, 0.15) is 0 Å². The highest BCUT2D eigenvalue weighted by Crippen LogP contribution is 2.34. The number of hydrogen-bond donors (Lipinski definition) is 2. The summed E-state index contributed by atoms with van der Waals surface area (Å²) >= 11 is 0. The Kier molecular flexibility index (Phi) is 2.90. The minimum absolute atomic E-state index is 0.118. The molecule has 20 heavy (non-hydrogen) atoms. The Morgan fingerprint density at radius 1 is 1.40 bits per heavy atom. The second-order valence-corrected chi connectivity index (χ2v) is 5.24. The van der Waals surface area contributed by atoms with Crippen molar-refractivity contribution in [3.8, 4) is 0 Å². The maximum Gasteiger partial charge on any atom is 0.408 e. The van der Waals surface area contributed by atoms with Gasteiger partial charge >= 0.3 is 6.09 Å². The molecular weight excluding hydrogens is 258 g/mol. The van der Waals surface area contributed by atoms with Crippen LogP contribution in [0.2, 0.25) is 0 Å². The fourth-order valence-electron chi connectivity index (χ4n) is 2.80. The summed E-state index contributed by atoms with van der Waals surface area (Å²) in [5.41, 5.74) is 7.88. The average molecular weight is 275 g/mol. The van der Waals surface area contributed by atoms with Crippen molar-refractivity contribution in [2.45, 2.75) is 18.4 Å². The maximum atomic E-state index is 11.7. The van der Waals surface area contributed by atoms with Crippen LogP contribution in [0.15, 0.2) is 18.2 Å². The van der Waals surface area contributed by atoms with E-state index in [1.54, 1.807) is 11.9 Å². The number of cyclic esters (lactones) is 1. The molecule has 2 heterocycles. The Bertz CT molecular complexity index is 587. The number of rotatable bonds is 2. The zero-order valence-corrected chi connectivity index (χ0v) is 11.3. The van der Waals surface area contributed by atoms with Gasteiger partial charge in [0, 0.05) is 25.7 Å². The molecule has 3 N–H and O–H groups in total. The largest absolute Gasteiger partial charge is 0.435 e. The van der Waals surface area contributed by atoms with E-state index in [1.165, 1.54) is 0 Å². The third kappa shape index (κ3) is 1.84. The lowest BCUT2D eigenvalue weighted by Gasteiger charge is -2.30. The number of alkyl carbamates (subject to hydrolysis) is 1. The molecule has 0 spiro atoms. The number of amides is 2. The van der Waals surface area contributed by atoms with E-state index in [4.69, 9.17) is 10.5 Å². The van der Waals surface area contributed by atoms with Crippen molar-refractivity contribution < 1.29 is 14.3 Å². The fraction of sp³-hybridized carbons (Fsp3) is 0.429. The van der Waals surface area contributed by atoms with E-state index in [0.29, 0.717) is 19.4 Å². The summed E-state index contributed by atoms with van der Waals surface area (Å²) in [6, 6.07) is 5.76. The van der Waals surface area contributed by atoms with Crippen LogP contribution >= 0.6 is 0 Å². The molecule has 0 saturated carbocycles. The predicted octanol–water partition coefficient (Wildman–Crippen LogP) is 0.489. The summed E-state index contributed by atoms with van der Waals surface area (Å²) in [5.74, 6) is 0.118. The van der Waals surface area contributed by atoms with Gasteiger partial charge in [0.15, 0.2) is 5.60 Å². The van der Waals surface area contributed by atoms with Crippen LogP contribution in [0.3, 0.4) is 0 Å². The lowest BCUT2D eigenvalue weighted by atomic mass is 9.90. The number of anilines is 1. The normalized spacial score (nSPS) is 25.2. The van der Waals surface area contributed by atoms with Crippen LogP contribution in [-0.4, -0.2) is 32.1 Å². The highest BCUT2D eigenvalue weighted by molar-refractivity contribution is 5.95. The van der Waals surface area contributed by atoms with E-state index in [-0.39, 0.29) is 12.5 Å².